The molecule has 1 heterocycles. The molecule has 0 saturated heterocycles. The summed E-state index contributed by atoms with van der Waals surface area (Å²) in [5.74, 6) is 1.19. The third-order valence-electron chi connectivity index (χ3n) is 3.29. The highest BCUT2D eigenvalue weighted by molar-refractivity contribution is 5.81. The second kappa shape index (κ2) is 6.60. The van der Waals surface area contributed by atoms with Crippen LogP contribution < -0.4 is 4.74 Å². The van der Waals surface area contributed by atoms with Crippen LogP contribution in [0, 0.1) is 0 Å². The van der Waals surface area contributed by atoms with Crippen molar-refractivity contribution in [2.45, 2.75) is 52.7 Å². The van der Waals surface area contributed by atoms with Crippen LogP contribution in [0.2, 0.25) is 0 Å². The number of carbonyl (C=O) groups is 1. The number of ether oxygens (including phenoxy) is 1. The van der Waals surface area contributed by atoms with E-state index in [-0.39, 0.29) is 11.9 Å². The largest absolute Gasteiger partial charge is 0.491 e. The molecule has 3 heteroatoms. The van der Waals surface area contributed by atoms with Gasteiger partial charge in [-0.2, -0.15) is 0 Å². The van der Waals surface area contributed by atoms with E-state index in [4.69, 9.17) is 4.74 Å². The van der Waals surface area contributed by atoms with Crippen LogP contribution in [0.5, 0.6) is 5.75 Å². The van der Waals surface area contributed by atoms with Crippen molar-refractivity contribution < 1.29 is 9.53 Å². The minimum absolute atomic E-state index is 0.195. The number of aromatic nitrogens is 1. The number of benzene rings is 1. The van der Waals surface area contributed by atoms with Gasteiger partial charge in [0.1, 0.15) is 11.5 Å². The number of Topliss-reactive ketones (excluding diaryl/α,β-unsaturated/α-hetero) is 1. The zero-order valence-electron chi connectivity index (χ0n) is 12.6. The number of rotatable bonds is 7. The minimum atomic E-state index is 0.195. The molecule has 0 atom stereocenters. The van der Waals surface area contributed by atoms with Crippen molar-refractivity contribution in [1.82, 2.24) is 4.57 Å². The van der Waals surface area contributed by atoms with Gasteiger partial charge < -0.3 is 14.1 Å². The van der Waals surface area contributed by atoms with Gasteiger partial charge in [0.2, 0.25) is 0 Å². The molecule has 0 amide bonds. The number of hydrogen-bond acceptors (Lipinski definition) is 2. The second-order valence-electron chi connectivity index (χ2n) is 5.56. The van der Waals surface area contributed by atoms with Crippen LogP contribution in [0.15, 0.2) is 30.5 Å². The van der Waals surface area contributed by atoms with Gasteiger partial charge in [0.05, 0.1) is 6.10 Å². The Kier molecular flexibility index (Phi) is 4.83. The fourth-order valence-electron chi connectivity index (χ4n) is 2.37. The Morgan fingerprint density at radius 2 is 2.05 bits per heavy atom. The summed E-state index contributed by atoms with van der Waals surface area (Å²) in [7, 11) is 0. The van der Waals surface area contributed by atoms with Crippen LogP contribution in [0.25, 0.3) is 10.9 Å². The van der Waals surface area contributed by atoms with Gasteiger partial charge in [-0.1, -0.05) is 0 Å². The molecule has 0 aliphatic carbocycles. The summed E-state index contributed by atoms with van der Waals surface area (Å²) in [4.78, 5) is 10.9. The zero-order chi connectivity index (χ0) is 14.5. The van der Waals surface area contributed by atoms with Gasteiger partial charge in [-0.05, 0) is 57.9 Å². The number of ketones is 1. The molecule has 0 N–H and O–H groups in total. The van der Waals surface area contributed by atoms with Crippen molar-refractivity contribution in [2.24, 2.45) is 0 Å². The van der Waals surface area contributed by atoms with E-state index < -0.39 is 0 Å². The third kappa shape index (κ3) is 3.86. The van der Waals surface area contributed by atoms with Crippen LogP contribution in [-0.2, 0) is 11.3 Å². The molecule has 0 bridgehead atoms. The lowest BCUT2D eigenvalue weighted by Crippen LogP contribution is -2.05. The van der Waals surface area contributed by atoms with Crippen LogP contribution in [0.1, 0.15) is 40.0 Å². The van der Waals surface area contributed by atoms with Gasteiger partial charge in [-0.25, -0.2) is 0 Å². The molecule has 0 unspecified atom stereocenters. The first-order valence-electron chi connectivity index (χ1n) is 7.31. The molecule has 2 rings (SSSR count). The molecule has 0 aliphatic heterocycles. The molecule has 108 valence electrons. The number of hydrogen-bond donors (Lipinski definition) is 0. The lowest BCUT2D eigenvalue weighted by atomic mass is 10.2. The topological polar surface area (TPSA) is 31.2 Å². The summed E-state index contributed by atoms with van der Waals surface area (Å²) in [6.07, 6.45) is 4.99. The molecule has 1 aromatic heterocycles. The summed E-state index contributed by atoms with van der Waals surface area (Å²) in [5, 5.41) is 1.20. The van der Waals surface area contributed by atoms with E-state index in [0.717, 1.165) is 25.1 Å². The fourth-order valence-corrected chi connectivity index (χ4v) is 2.37. The maximum absolute atomic E-state index is 10.9. The zero-order valence-corrected chi connectivity index (χ0v) is 12.6. The second-order valence-corrected chi connectivity index (χ2v) is 5.56. The number of unbranched alkanes of at least 4 members (excludes halogenated alkanes) is 1. The van der Waals surface area contributed by atoms with Crippen molar-refractivity contribution in [1.29, 1.82) is 0 Å². The number of nitrogens with zero attached hydrogens (tertiary/aromatic N) is 1. The van der Waals surface area contributed by atoms with Crippen LogP contribution >= 0.6 is 0 Å². The number of aryl methyl sites for hydroxylation is 1. The standard InChI is InChI=1S/C17H23NO2/c1-13(2)20-16-7-8-17-15(12-16)9-11-18(17)10-5-4-6-14(3)19/h7-9,11-13H,4-6,10H2,1-3H3. The SMILES string of the molecule is CC(=O)CCCCn1ccc2cc(OC(C)C)ccc21. The van der Waals surface area contributed by atoms with Crippen LogP contribution in [0.4, 0.5) is 0 Å². The van der Waals surface area contributed by atoms with Crippen LogP contribution in [-0.4, -0.2) is 16.5 Å². The van der Waals surface area contributed by atoms with E-state index in [0.29, 0.717) is 6.42 Å². The minimum Gasteiger partial charge on any atom is -0.491 e. The van der Waals surface area contributed by atoms with E-state index in [9.17, 15) is 4.79 Å². The maximum atomic E-state index is 10.9. The van der Waals surface area contributed by atoms with E-state index in [1.54, 1.807) is 6.92 Å². The van der Waals surface area contributed by atoms with E-state index >= 15 is 0 Å². The Bertz CT molecular complexity index is 584. The quantitative estimate of drug-likeness (QED) is 0.708. The molecule has 0 radical (unpaired) electrons. The predicted octanol–water partition coefficient (Wildman–Crippen LogP) is 4.19. The van der Waals surface area contributed by atoms with Gasteiger partial charge in [0.15, 0.2) is 0 Å². The summed E-state index contributed by atoms with van der Waals surface area (Å²) < 4.78 is 7.95. The van der Waals surface area contributed by atoms with Crippen molar-refractivity contribution in [2.75, 3.05) is 0 Å². The van der Waals surface area contributed by atoms with Crippen molar-refractivity contribution in [3.63, 3.8) is 0 Å². The predicted molar refractivity (Wildman–Crippen MR) is 82.2 cm³/mol. The Hall–Kier alpha value is -1.77. The van der Waals surface area contributed by atoms with E-state index in [2.05, 4.69) is 29.0 Å². The van der Waals surface area contributed by atoms with E-state index in [1.807, 2.05) is 19.9 Å². The van der Waals surface area contributed by atoms with Crippen molar-refractivity contribution >= 4 is 16.7 Å². The van der Waals surface area contributed by atoms with Crippen molar-refractivity contribution in [3.8, 4) is 5.75 Å². The van der Waals surface area contributed by atoms with Gasteiger partial charge in [-0.15, -0.1) is 0 Å². The van der Waals surface area contributed by atoms with E-state index in [1.165, 1.54) is 10.9 Å². The summed E-state index contributed by atoms with van der Waals surface area (Å²) in [6, 6.07) is 8.33. The molecule has 0 aliphatic rings. The molecule has 0 spiro atoms. The molecule has 20 heavy (non-hydrogen) atoms. The normalized spacial score (nSPS) is 11.2. The number of fused-ring (bicyclic) bond motifs is 1. The maximum Gasteiger partial charge on any atom is 0.129 e. The van der Waals surface area contributed by atoms with Crippen LogP contribution in [0.3, 0.4) is 0 Å². The first-order valence-corrected chi connectivity index (χ1v) is 7.31. The molecule has 1 aromatic carbocycles. The lowest BCUT2D eigenvalue weighted by Gasteiger charge is -2.10. The Morgan fingerprint density at radius 1 is 1.25 bits per heavy atom. The molecule has 0 fully saturated rings. The van der Waals surface area contributed by atoms with Gasteiger partial charge >= 0.3 is 0 Å². The summed E-state index contributed by atoms with van der Waals surface area (Å²) in [5.41, 5.74) is 1.23. The monoisotopic (exact) mass is 273 g/mol. The Balaban J connectivity index is 2.02. The average molecular weight is 273 g/mol. The summed E-state index contributed by atoms with van der Waals surface area (Å²) in [6.45, 7) is 6.68. The Labute approximate surface area is 120 Å². The average Bonchev–Trinajstić information content (AvgIpc) is 2.76. The highest BCUT2D eigenvalue weighted by Gasteiger charge is 2.04. The summed E-state index contributed by atoms with van der Waals surface area (Å²) >= 11 is 0. The molecule has 0 saturated carbocycles. The van der Waals surface area contributed by atoms with Gasteiger partial charge in [-0.3, -0.25) is 0 Å². The molecular weight excluding hydrogens is 250 g/mol. The third-order valence-corrected chi connectivity index (χ3v) is 3.29. The van der Waals surface area contributed by atoms with Gasteiger partial charge in [0, 0.05) is 30.1 Å². The smallest absolute Gasteiger partial charge is 0.129 e. The molecule has 3 nitrogen and oxygen atoms in total. The number of carbonyl (C=O) groups excluding carboxylic acids is 1. The first-order chi connectivity index (χ1) is 9.56. The van der Waals surface area contributed by atoms with Gasteiger partial charge in [0.25, 0.3) is 0 Å². The lowest BCUT2D eigenvalue weighted by molar-refractivity contribution is -0.117. The highest BCUT2D eigenvalue weighted by Crippen LogP contribution is 2.23. The fraction of sp³-hybridized carbons (Fsp3) is 0.471. The molecule has 2 aromatic rings. The Morgan fingerprint density at radius 3 is 2.75 bits per heavy atom. The van der Waals surface area contributed by atoms with Crippen molar-refractivity contribution in [3.05, 3.63) is 30.5 Å². The first kappa shape index (κ1) is 14.6. The highest BCUT2D eigenvalue weighted by atomic mass is 16.5. The molecular formula is C17H23NO2.